The highest BCUT2D eigenvalue weighted by molar-refractivity contribution is 7.99. The summed E-state index contributed by atoms with van der Waals surface area (Å²) in [7, 11) is 0. The predicted molar refractivity (Wildman–Crippen MR) is 72.1 cm³/mol. The number of H-pyrrole nitrogens is 1. The summed E-state index contributed by atoms with van der Waals surface area (Å²) in [6, 6.07) is 13.5. The van der Waals surface area contributed by atoms with E-state index in [2.05, 4.69) is 11.1 Å². The van der Waals surface area contributed by atoms with Crippen LogP contribution in [0.25, 0.3) is 10.9 Å². The van der Waals surface area contributed by atoms with Gasteiger partial charge in [-0.2, -0.15) is 0 Å². The number of ketones is 1. The van der Waals surface area contributed by atoms with Crippen molar-refractivity contribution in [2.24, 2.45) is 0 Å². The van der Waals surface area contributed by atoms with E-state index in [4.69, 9.17) is 4.42 Å². The summed E-state index contributed by atoms with van der Waals surface area (Å²) >= 11 is 1.49. The van der Waals surface area contributed by atoms with Gasteiger partial charge in [-0.3, -0.25) is 4.79 Å². The van der Waals surface area contributed by atoms with Crippen molar-refractivity contribution in [3.05, 3.63) is 54.5 Å². The molecule has 3 rings (SSSR count). The van der Waals surface area contributed by atoms with E-state index < -0.39 is 0 Å². The fraction of sp³-hybridized carbons (Fsp3) is 0.0714. The monoisotopic (exact) mass is 257 g/mol. The van der Waals surface area contributed by atoms with Crippen molar-refractivity contribution < 1.29 is 9.21 Å². The molecule has 0 amide bonds. The molecule has 2 aromatic heterocycles. The smallest absolute Gasteiger partial charge is 0.208 e. The number of carbonyl (C=O) groups excluding carboxylic acids is 1. The molecule has 0 saturated carbocycles. The van der Waals surface area contributed by atoms with Gasteiger partial charge in [0.25, 0.3) is 0 Å². The average molecular weight is 257 g/mol. The Balaban J connectivity index is 1.71. The fourth-order valence-corrected chi connectivity index (χ4v) is 2.60. The van der Waals surface area contributed by atoms with Crippen molar-refractivity contribution in [1.29, 1.82) is 0 Å². The predicted octanol–water partition coefficient (Wildman–Crippen LogP) is 3.74. The summed E-state index contributed by atoms with van der Waals surface area (Å²) in [6.07, 6.45) is 1.51. The summed E-state index contributed by atoms with van der Waals surface area (Å²) in [5.74, 6) is 0.794. The highest BCUT2D eigenvalue weighted by atomic mass is 32.2. The summed E-state index contributed by atoms with van der Waals surface area (Å²) in [5, 5.41) is 2.15. The van der Waals surface area contributed by atoms with Crippen LogP contribution in [0.4, 0.5) is 0 Å². The molecule has 1 N–H and O–H groups in total. The van der Waals surface area contributed by atoms with Crippen molar-refractivity contribution >= 4 is 28.4 Å². The largest absolute Gasteiger partial charge is 0.461 e. The van der Waals surface area contributed by atoms with Crippen LogP contribution < -0.4 is 0 Å². The second-order valence-corrected chi connectivity index (χ2v) is 4.93. The van der Waals surface area contributed by atoms with Crippen molar-refractivity contribution in [3.8, 4) is 0 Å². The Bertz CT molecular complexity index is 637. The van der Waals surface area contributed by atoms with E-state index in [0.717, 1.165) is 15.9 Å². The van der Waals surface area contributed by atoms with Crippen LogP contribution in [0.3, 0.4) is 0 Å². The lowest BCUT2D eigenvalue weighted by Gasteiger charge is -1.95. The molecule has 0 bridgehead atoms. The van der Waals surface area contributed by atoms with E-state index >= 15 is 0 Å². The summed E-state index contributed by atoms with van der Waals surface area (Å²) in [4.78, 5) is 15.0. The number of rotatable bonds is 4. The van der Waals surface area contributed by atoms with Crippen LogP contribution >= 0.6 is 11.8 Å². The maximum absolute atomic E-state index is 11.8. The molecule has 0 spiro atoms. The number of hydrogen-bond acceptors (Lipinski definition) is 3. The Kier molecular flexibility index (Phi) is 2.94. The van der Waals surface area contributed by atoms with Gasteiger partial charge < -0.3 is 9.40 Å². The van der Waals surface area contributed by atoms with Gasteiger partial charge in [0.2, 0.25) is 5.78 Å². The molecule has 3 nitrogen and oxygen atoms in total. The zero-order chi connectivity index (χ0) is 12.4. The lowest BCUT2D eigenvalue weighted by atomic mass is 10.3. The second kappa shape index (κ2) is 4.74. The van der Waals surface area contributed by atoms with E-state index in [1.807, 2.05) is 24.3 Å². The standard InChI is InChI=1S/C14H11NO2S/c16-12(13-6-3-7-17-13)9-18-14-8-10-4-1-2-5-11(10)15-14/h1-8,15H,9H2. The molecule has 18 heavy (non-hydrogen) atoms. The van der Waals surface area contributed by atoms with Gasteiger partial charge in [-0.05, 0) is 24.3 Å². The highest BCUT2D eigenvalue weighted by Crippen LogP contribution is 2.23. The molecule has 2 heterocycles. The maximum atomic E-state index is 11.8. The van der Waals surface area contributed by atoms with Crippen molar-refractivity contribution in [2.45, 2.75) is 5.03 Å². The van der Waals surface area contributed by atoms with Crippen molar-refractivity contribution in [2.75, 3.05) is 5.75 Å². The molecular formula is C14H11NO2S. The maximum Gasteiger partial charge on any atom is 0.208 e. The fourth-order valence-electron chi connectivity index (χ4n) is 1.78. The molecule has 0 saturated heterocycles. The van der Waals surface area contributed by atoms with Crippen molar-refractivity contribution in [1.82, 2.24) is 4.98 Å². The topological polar surface area (TPSA) is 46.0 Å². The van der Waals surface area contributed by atoms with E-state index in [-0.39, 0.29) is 5.78 Å². The van der Waals surface area contributed by atoms with Crippen LogP contribution in [0.1, 0.15) is 10.6 Å². The van der Waals surface area contributed by atoms with Crippen LogP contribution in [0, 0.1) is 0 Å². The Hall–Kier alpha value is -1.94. The minimum Gasteiger partial charge on any atom is -0.461 e. The summed E-state index contributed by atoms with van der Waals surface area (Å²) in [5.41, 5.74) is 1.09. The van der Waals surface area contributed by atoms with Crippen molar-refractivity contribution in [3.63, 3.8) is 0 Å². The van der Waals surface area contributed by atoms with Gasteiger partial charge >= 0.3 is 0 Å². The highest BCUT2D eigenvalue weighted by Gasteiger charge is 2.10. The minimum absolute atomic E-state index is 0.00339. The third kappa shape index (κ3) is 2.19. The Morgan fingerprint density at radius 1 is 1.22 bits per heavy atom. The minimum atomic E-state index is 0.00339. The van der Waals surface area contributed by atoms with Gasteiger partial charge in [-0.1, -0.05) is 18.2 Å². The van der Waals surface area contributed by atoms with Gasteiger partial charge in [0.15, 0.2) is 5.76 Å². The van der Waals surface area contributed by atoms with Crippen LogP contribution in [0.5, 0.6) is 0 Å². The van der Waals surface area contributed by atoms with Crippen LogP contribution in [-0.2, 0) is 0 Å². The molecular weight excluding hydrogens is 246 g/mol. The number of thioether (sulfide) groups is 1. The zero-order valence-electron chi connectivity index (χ0n) is 9.55. The van der Waals surface area contributed by atoms with Gasteiger partial charge in [-0.25, -0.2) is 0 Å². The first-order chi connectivity index (χ1) is 8.83. The van der Waals surface area contributed by atoms with Gasteiger partial charge in [0.1, 0.15) is 0 Å². The van der Waals surface area contributed by atoms with Crippen LogP contribution in [0.15, 0.2) is 58.2 Å². The first kappa shape index (κ1) is 11.2. The first-order valence-electron chi connectivity index (χ1n) is 5.60. The molecule has 0 aliphatic carbocycles. The summed E-state index contributed by atoms with van der Waals surface area (Å²) in [6.45, 7) is 0. The number of hydrogen-bond donors (Lipinski definition) is 1. The zero-order valence-corrected chi connectivity index (χ0v) is 10.4. The molecule has 0 aliphatic heterocycles. The molecule has 90 valence electrons. The molecule has 0 fully saturated rings. The molecule has 4 heteroatoms. The first-order valence-corrected chi connectivity index (χ1v) is 6.59. The quantitative estimate of drug-likeness (QED) is 0.572. The van der Waals surface area contributed by atoms with E-state index in [9.17, 15) is 4.79 Å². The third-order valence-electron chi connectivity index (χ3n) is 2.66. The number of fused-ring (bicyclic) bond motifs is 1. The Labute approximate surface area is 108 Å². The lowest BCUT2D eigenvalue weighted by molar-refractivity contribution is 0.0992. The third-order valence-corrected chi connectivity index (χ3v) is 3.60. The van der Waals surface area contributed by atoms with Gasteiger partial charge in [0.05, 0.1) is 17.0 Å². The van der Waals surface area contributed by atoms with Gasteiger partial charge in [0, 0.05) is 10.9 Å². The number of para-hydroxylation sites is 1. The molecule has 0 aliphatic rings. The second-order valence-electron chi connectivity index (χ2n) is 3.91. The van der Waals surface area contributed by atoms with E-state index in [1.54, 1.807) is 12.1 Å². The van der Waals surface area contributed by atoms with E-state index in [0.29, 0.717) is 11.5 Å². The number of Topliss-reactive ketones (excluding diaryl/α,β-unsaturated/α-hetero) is 1. The Morgan fingerprint density at radius 3 is 2.89 bits per heavy atom. The number of furan rings is 1. The van der Waals surface area contributed by atoms with Gasteiger partial charge in [-0.15, -0.1) is 11.8 Å². The lowest BCUT2D eigenvalue weighted by Crippen LogP contribution is -2.00. The molecule has 0 unspecified atom stereocenters. The van der Waals surface area contributed by atoms with Crippen LogP contribution in [0.2, 0.25) is 0 Å². The number of carbonyl (C=O) groups is 1. The molecule has 1 aromatic carbocycles. The van der Waals surface area contributed by atoms with Crippen LogP contribution in [-0.4, -0.2) is 16.5 Å². The molecule has 0 atom stereocenters. The molecule has 0 radical (unpaired) electrons. The summed E-state index contributed by atoms with van der Waals surface area (Å²) < 4.78 is 5.07. The number of nitrogens with one attached hydrogen (secondary N) is 1. The average Bonchev–Trinajstić information content (AvgIpc) is 3.04. The Morgan fingerprint density at radius 2 is 2.11 bits per heavy atom. The molecule has 3 aromatic rings. The number of aromatic amines is 1. The SMILES string of the molecule is O=C(CSc1cc2ccccc2[nH]1)c1ccco1. The van der Waals surface area contributed by atoms with E-state index in [1.165, 1.54) is 18.0 Å². The normalized spacial score (nSPS) is 10.9. The number of aromatic nitrogens is 1. The number of benzene rings is 1.